The summed E-state index contributed by atoms with van der Waals surface area (Å²) >= 11 is 0. The van der Waals surface area contributed by atoms with Crippen LogP contribution < -0.4 is 10.6 Å². The second-order valence-electron chi connectivity index (χ2n) is 4.79. The second kappa shape index (κ2) is 6.86. The molecule has 0 aliphatic carbocycles. The summed E-state index contributed by atoms with van der Waals surface area (Å²) in [6, 6.07) is 0.382. The summed E-state index contributed by atoms with van der Waals surface area (Å²) in [5.41, 5.74) is 0. The van der Waals surface area contributed by atoms with Crippen molar-refractivity contribution in [3.05, 3.63) is 0 Å². The van der Waals surface area contributed by atoms with Crippen molar-refractivity contribution >= 4 is 5.91 Å². The third-order valence-corrected chi connectivity index (χ3v) is 3.21. The van der Waals surface area contributed by atoms with Gasteiger partial charge in [-0.1, -0.05) is 13.8 Å². The van der Waals surface area contributed by atoms with Crippen molar-refractivity contribution in [1.29, 1.82) is 0 Å². The highest BCUT2D eigenvalue weighted by Crippen LogP contribution is 2.08. The first-order valence-electron chi connectivity index (χ1n) is 6.33. The van der Waals surface area contributed by atoms with Crippen molar-refractivity contribution in [2.45, 2.75) is 32.7 Å². The highest BCUT2D eigenvalue weighted by atomic mass is 16.1. The zero-order chi connectivity index (χ0) is 12.0. The third-order valence-electron chi connectivity index (χ3n) is 3.21. The lowest BCUT2D eigenvalue weighted by atomic mass is 10.0. The van der Waals surface area contributed by atoms with E-state index in [0.29, 0.717) is 6.04 Å². The molecule has 1 amide bonds. The van der Waals surface area contributed by atoms with E-state index < -0.39 is 0 Å². The Labute approximate surface area is 98.8 Å². The molecule has 0 aromatic heterocycles. The fourth-order valence-corrected chi connectivity index (χ4v) is 1.95. The first kappa shape index (κ1) is 13.5. The molecule has 0 spiro atoms. The van der Waals surface area contributed by atoms with E-state index in [4.69, 9.17) is 0 Å². The summed E-state index contributed by atoms with van der Waals surface area (Å²) in [6.07, 6.45) is 2.16. The topological polar surface area (TPSA) is 44.4 Å². The lowest BCUT2D eigenvalue weighted by molar-refractivity contribution is -0.125. The number of nitrogens with zero attached hydrogens (tertiary/aromatic N) is 1. The molecular weight excluding hydrogens is 202 g/mol. The van der Waals surface area contributed by atoms with Gasteiger partial charge in [-0.15, -0.1) is 0 Å². The van der Waals surface area contributed by atoms with Gasteiger partial charge in [-0.2, -0.15) is 0 Å². The molecule has 1 heterocycles. The Bertz CT molecular complexity index is 212. The van der Waals surface area contributed by atoms with Crippen LogP contribution in [0.5, 0.6) is 0 Å². The number of amides is 1. The van der Waals surface area contributed by atoms with Gasteiger partial charge >= 0.3 is 0 Å². The molecule has 1 aliphatic rings. The molecular formula is C12H25N3O. The normalized spacial score (nSPS) is 20.7. The quantitative estimate of drug-likeness (QED) is 0.716. The van der Waals surface area contributed by atoms with Crippen molar-refractivity contribution in [3.8, 4) is 0 Å². The molecule has 1 fully saturated rings. The Hall–Kier alpha value is -0.610. The fraction of sp³-hybridized carbons (Fsp3) is 0.917. The van der Waals surface area contributed by atoms with Crippen LogP contribution in [-0.4, -0.2) is 50.1 Å². The average molecular weight is 227 g/mol. The minimum Gasteiger partial charge on any atom is -0.353 e. The number of carbonyl (C=O) groups excluding carboxylic acids is 1. The van der Waals surface area contributed by atoms with Gasteiger partial charge in [-0.25, -0.2) is 0 Å². The lowest BCUT2D eigenvalue weighted by Gasteiger charge is -2.30. The van der Waals surface area contributed by atoms with E-state index in [1.54, 1.807) is 0 Å². The molecule has 2 N–H and O–H groups in total. The van der Waals surface area contributed by atoms with E-state index in [2.05, 4.69) is 29.5 Å². The van der Waals surface area contributed by atoms with Gasteiger partial charge in [0.05, 0.1) is 0 Å². The molecule has 1 rings (SSSR count). The number of carbonyl (C=O) groups is 1. The molecule has 0 radical (unpaired) electrons. The number of rotatable bonds is 5. The predicted octanol–water partition coefficient (Wildman–Crippen LogP) is 0.442. The Morgan fingerprint density at radius 2 is 2.06 bits per heavy atom. The SMILES string of the molecule is CCNCC(C)C(=O)NC1CCN(C)CC1. The van der Waals surface area contributed by atoms with Gasteiger partial charge in [0.1, 0.15) is 0 Å². The van der Waals surface area contributed by atoms with Gasteiger partial charge in [0, 0.05) is 18.5 Å². The maximum absolute atomic E-state index is 11.8. The van der Waals surface area contributed by atoms with Gasteiger partial charge in [-0.3, -0.25) is 4.79 Å². The van der Waals surface area contributed by atoms with E-state index in [9.17, 15) is 4.79 Å². The van der Waals surface area contributed by atoms with Crippen LogP contribution in [0.3, 0.4) is 0 Å². The van der Waals surface area contributed by atoms with Crippen LogP contribution in [0, 0.1) is 5.92 Å². The molecule has 1 atom stereocenters. The van der Waals surface area contributed by atoms with Gasteiger partial charge in [0.2, 0.25) is 5.91 Å². The zero-order valence-corrected chi connectivity index (χ0v) is 10.8. The van der Waals surface area contributed by atoms with E-state index in [1.807, 2.05) is 6.92 Å². The van der Waals surface area contributed by atoms with Crippen LogP contribution in [0.1, 0.15) is 26.7 Å². The zero-order valence-electron chi connectivity index (χ0n) is 10.8. The third kappa shape index (κ3) is 4.49. The lowest BCUT2D eigenvalue weighted by Crippen LogP contribution is -2.46. The summed E-state index contributed by atoms with van der Waals surface area (Å²) < 4.78 is 0. The van der Waals surface area contributed by atoms with Gasteiger partial charge in [0.25, 0.3) is 0 Å². The highest BCUT2D eigenvalue weighted by molar-refractivity contribution is 5.78. The molecule has 0 aromatic rings. The summed E-state index contributed by atoms with van der Waals surface area (Å²) in [5.74, 6) is 0.259. The Kier molecular flexibility index (Phi) is 5.77. The number of piperidine rings is 1. The highest BCUT2D eigenvalue weighted by Gasteiger charge is 2.20. The monoisotopic (exact) mass is 227 g/mol. The molecule has 16 heavy (non-hydrogen) atoms. The summed E-state index contributed by atoms with van der Waals surface area (Å²) in [6.45, 7) is 7.91. The van der Waals surface area contributed by atoms with Crippen LogP contribution in [0.2, 0.25) is 0 Å². The minimum atomic E-state index is 0.0691. The van der Waals surface area contributed by atoms with E-state index >= 15 is 0 Å². The maximum atomic E-state index is 11.8. The number of hydrogen-bond donors (Lipinski definition) is 2. The van der Waals surface area contributed by atoms with Crippen LogP contribution in [-0.2, 0) is 4.79 Å². The molecule has 0 bridgehead atoms. The average Bonchev–Trinajstić information content (AvgIpc) is 2.29. The molecule has 1 unspecified atom stereocenters. The van der Waals surface area contributed by atoms with E-state index in [0.717, 1.165) is 39.0 Å². The Balaban J connectivity index is 2.22. The van der Waals surface area contributed by atoms with Crippen molar-refractivity contribution in [1.82, 2.24) is 15.5 Å². The van der Waals surface area contributed by atoms with Gasteiger partial charge in [-0.05, 0) is 39.5 Å². The maximum Gasteiger partial charge on any atom is 0.224 e. The minimum absolute atomic E-state index is 0.0691. The largest absolute Gasteiger partial charge is 0.353 e. The summed E-state index contributed by atoms with van der Waals surface area (Å²) in [7, 11) is 2.13. The second-order valence-corrected chi connectivity index (χ2v) is 4.79. The smallest absolute Gasteiger partial charge is 0.224 e. The molecule has 94 valence electrons. The molecule has 1 saturated heterocycles. The van der Waals surface area contributed by atoms with E-state index in [1.165, 1.54) is 0 Å². The number of likely N-dealkylation sites (tertiary alicyclic amines) is 1. The number of hydrogen-bond acceptors (Lipinski definition) is 3. The first-order chi connectivity index (χ1) is 7.63. The molecule has 0 aromatic carbocycles. The molecule has 1 aliphatic heterocycles. The van der Waals surface area contributed by atoms with Crippen molar-refractivity contribution in [3.63, 3.8) is 0 Å². The van der Waals surface area contributed by atoms with Crippen molar-refractivity contribution in [2.24, 2.45) is 5.92 Å². The number of nitrogens with one attached hydrogen (secondary N) is 2. The molecule has 4 heteroatoms. The van der Waals surface area contributed by atoms with Crippen molar-refractivity contribution < 1.29 is 4.79 Å². The predicted molar refractivity (Wildman–Crippen MR) is 66.4 cm³/mol. The van der Waals surface area contributed by atoms with E-state index in [-0.39, 0.29) is 11.8 Å². The molecule has 4 nitrogen and oxygen atoms in total. The van der Waals surface area contributed by atoms with Crippen LogP contribution in [0.4, 0.5) is 0 Å². The molecule has 0 saturated carbocycles. The van der Waals surface area contributed by atoms with Gasteiger partial charge < -0.3 is 15.5 Å². The first-order valence-corrected chi connectivity index (χ1v) is 6.33. The van der Waals surface area contributed by atoms with Crippen LogP contribution >= 0.6 is 0 Å². The Morgan fingerprint density at radius 1 is 1.44 bits per heavy atom. The summed E-state index contributed by atoms with van der Waals surface area (Å²) in [4.78, 5) is 14.1. The van der Waals surface area contributed by atoms with Crippen LogP contribution in [0.15, 0.2) is 0 Å². The van der Waals surface area contributed by atoms with Crippen molar-refractivity contribution in [2.75, 3.05) is 33.2 Å². The standard InChI is InChI=1S/C12H25N3O/c1-4-13-9-10(2)12(16)14-11-5-7-15(3)8-6-11/h10-11,13H,4-9H2,1-3H3,(H,14,16). The van der Waals surface area contributed by atoms with Gasteiger partial charge in [0.15, 0.2) is 0 Å². The fourth-order valence-electron chi connectivity index (χ4n) is 1.95. The summed E-state index contributed by atoms with van der Waals surface area (Å²) in [5, 5.41) is 6.35. The Morgan fingerprint density at radius 3 is 2.62 bits per heavy atom. The van der Waals surface area contributed by atoms with Crippen LogP contribution in [0.25, 0.3) is 0 Å².